The van der Waals surface area contributed by atoms with Crippen LogP contribution in [-0.4, -0.2) is 39.3 Å². The predicted octanol–water partition coefficient (Wildman–Crippen LogP) is 1.55. The Morgan fingerprint density at radius 1 is 1.25 bits per heavy atom. The van der Waals surface area contributed by atoms with E-state index in [-0.39, 0.29) is 11.3 Å². The van der Waals surface area contributed by atoms with Crippen molar-refractivity contribution in [3.05, 3.63) is 0 Å². The number of carbonyl (C=O) groups excluding carboxylic acids is 1. The van der Waals surface area contributed by atoms with E-state index in [4.69, 9.17) is 4.74 Å². The zero-order valence-corrected chi connectivity index (χ0v) is 12.6. The minimum Gasteiger partial charge on any atom is -0.384 e. The number of piperidine rings is 1. The molecule has 2 N–H and O–H groups in total. The van der Waals surface area contributed by atoms with E-state index in [0.717, 1.165) is 50.2 Å². The first-order valence-electron chi connectivity index (χ1n) is 8.23. The Balaban J connectivity index is 1.55. The Hall–Kier alpha value is -0.610. The number of hydrogen-bond donors (Lipinski definition) is 2. The van der Waals surface area contributed by atoms with Gasteiger partial charge in [0, 0.05) is 13.7 Å². The Labute approximate surface area is 122 Å². The Morgan fingerprint density at radius 2 is 1.85 bits per heavy atom. The number of ether oxygens (including phenoxy) is 1. The van der Waals surface area contributed by atoms with Gasteiger partial charge in [0.05, 0.1) is 12.0 Å². The van der Waals surface area contributed by atoms with E-state index in [1.165, 1.54) is 25.7 Å². The molecule has 0 aromatic heterocycles. The van der Waals surface area contributed by atoms with E-state index in [1.807, 2.05) is 0 Å². The summed E-state index contributed by atoms with van der Waals surface area (Å²) in [6.45, 7) is 3.29. The lowest BCUT2D eigenvalue weighted by Crippen LogP contribution is -2.51. The Morgan fingerprint density at radius 3 is 2.35 bits per heavy atom. The summed E-state index contributed by atoms with van der Waals surface area (Å²) in [5.41, 5.74) is -0.294. The van der Waals surface area contributed by atoms with Crippen molar-refractivity contribution in [2.45, 2.75) is 38.5 Å². The average molecular weight is 280 g/mol. The van der Waals surface area contributed by atoms with Crippen LogP contribution in [0.2, 0.25) is 0 Å². The van der Waals surface area contributed by atoms with Gasteiger partial charge in [-0.2, -0.15) is 0 Å². The summed E-state index contributed by atoms with van der Waals surface area (Å²) in [5.74, 6) is 2.77. The third-order valence-electron chi connectivity index (χ3n) is 5.42. The lowest BCUT2D eigenvalue weighted by atomic mass is 9.78. The first-order valence-corrected chi connectivity index (χ1v) is 8.23. The Bertz CT molecular complexity index is 327. The number of carbonyl (C=O) groups is 1. The summed E-state index contributed by atoms with van der Waals surface area (Å²) in [6, 6.07) is 0. The van der Waals surface area contributed by atoms with Crippen LogP contribution in [0.1, 0.15) is 38.5 Å². The van der Waals surface area contributed by atoms with E-state index in [2.05, 4.69) is 10.6 Å². The molecule has 0 spiro atoms. The van der Waals surface area contributed by atoms with Crippen LogP contribution in [0.5, 0.6) is 0 Å². The molecule has 3 aliphatic rings. The molecule has 2 aliphatic carbocycles. The molecule has 1 aliphatic heterocycles. The normalized spacial score (nSPS) is 25.7. The molecule has 20 heavy (non-hydrogen) atoms. The second-order valence-corrected chi connectivity index (χ2v) is 7.01. The highest BCUT2D eigenvalue weighted by Gasteiger charge is 2.43. The van der Waals surface area contributed by atoms with Crippen LogP contribution in [0.25, 0.3) is 0 Å². The lowest BCUT2D eigenvalue weighted by molar-refractivity contribution is -0.136. The monoisotopic (exact) mass is 280 g/mol. The molecule has 0 bridgehead atoms. The maximum Gasteiger partial charge on any atom is 0.228 e. The Kier molecular flexibility index (Phi) is 4.32. The maximum absolute atomic E-state index is 12.7. The van der Waals surface area contributed by atoms with Crippen molar-refractivity contribution in [1.82, 2.24) is 10.6 Å². The lowest BCUT2D eigenvalue weighted by Gasteiger charge is -2.36. The molecule has 0 aromatic rings. The largest absolute Gasteiger partial charge is 0.384 e. The maximum atomic E-state index is 12.7. The minimum absolute atomic E-state index is 0.229. The van der Waals surface area contributed by atoms with Gasteiger partial charge in [-0.3, -0.25) is 4.79 Å². The van der Waals surface area contributed by atoms with Gasteiger partial charge in [0.15, 0.2) is 0 Å². The number of methoxy groups -OCH3 is 1. The molecule has 1 saturated heterocycles. The van der Waals surface area contributed by atoms with E-state index >= 15 is 0 Å². The van der Waals surface area contributed by atoms with Crippen LogP contribution >= 0.6 is 0 Å². The zero-order valence-electron chi connectivity index (χ0n) is 12.6. The number of nitrogens with one attached hydrogen (secondary N) is 2. The molecule has 4 heteroatoms. The van der Waals surface area contributed by atoms with Crippen molar-refractivity contribution in [3.63, 3.8) is 0 Å². The van der Waals surface area contributed by atoms with Crippen LogP contribution in [0.4, 0.5) is 0 Å². The molecule has 0 atom stereocenters. The predicted molar refractivity (Wildman–Crippen MR) is 78.4 cm³/mol. The van der Waals surface area contributed by atoms with Gasteiger partial charge < -0.3 is 15.4 Å². The van der Waals surface area contributed by atoms with Crippen molar-refractivity contribution in [2.24, 2.45) is 23.2 Å². The summed E-state index contributed by atoms with van der Waals surface area (Å²) in [4.78, 5) is 12.7. The second-order valence-electron chi connectivity index (χ2n) is 7.01. The first-order chi connectivity index (χ1) is 9.75. The van der Waals surface area contributed by atoms with Crippen molar-refractivity contribution >= 4 is 5.91 Å². The van der Waals surface area contributed by atoms with E-state index in [1.54, 1.807) is 7.11 Å². The summed E-state index contributed by atoms with van der Waals surface area (Å²) in [5, 5.41) is 6.61. The van der Waals surface area contributed by atoms with Crippen LogP contribution in [0.3, 0.4) is 0 Å². The molecular formula is C16H28N2O2. The van der Waals surface area contributed by atoms with Gasteiger partial charge in [0.25, 0.3) is 0 Å². The van der Waals surface area contributed by atoms with Crippen LogP contribution in [0.15, 0.2) is 0 Å². The third kappa shape index (κ3) is 3.17. The fourth-order valence-electron chi connectivity index (χ4n) is 3.78. The average Bonchev–Trinajstić information content (AvgIpc) is 3.34. The fraction of sp³-hybridized carbons (Fsp3) is 0.938. The van der Waals surface area contributed by atoms with Gasteiger partial charge in [-0.25, -0.2) is 0 Å². The van der Waals surface area contributed by atoms with Gasteiger partial charge in [0.2, 0.25) is 5.91 Å². The molecule has 2 saturated carbocycles. The van der Waals surface area contributed by atoms with Crippen LogP contribution in [-0.2, 0) is 9.53 Å². The molecule has 0 aromatic carbocycles. The smallest absolute Gasteiger partial charge is 0.228 e. The molecule has 0 unspecified atom stereocenters. The summed E-state index contributed by atoms with van der Waals surface area (Å²) < 4.78 is 5.34. The van der Waals surface area contributed by atoms with Crippen LogP contribution in [0, 0.1) is 23.2 Å². The van der Waals surface area contributed by atoms with E-state index < -0.39 is 0 Å². The third-order valence-corrected chi connectivity index (χ3v) is 5.42. The van der Waals surface area contributed by atoms with E-state index in [0.29, 0.717) is 6.61 Å². The van der Waals surface area contributed by atoms with Crippen molar-refractivity contribution < 1.29 is 9.53 Å². The summed E-state index contributed by atoms with van der Waals surface area (Å²) >= 11 is 0. The van der Waals surface area contributed by atoms with Crippen molar-refractivity contribution in [3.8, 4) is 0 Å². The van der Waals surface area contributed by atoms with E-state index in [9.17, 15) is 4.79 Å². The number of hydrogen-bond acceptors (Lipinski definition) is 3. The van der Waals surface area contributed by atoms with Crippen molar-refractivity contribution in [2.75, 3.05) is 33.4 Å². The fourth-order valence-corrected chi connectivity index (χ4v) is 3.78. The quantitative estimate of drug-likeness (QED) is 0.744. The molecule has 1 heterocycles. The van der Waals surface area contributed by atoms with Gasteiger partial charge in [-0.15, -0.1) is 0 Å². The molecule has 0 radical (unpaired) electrons. The molecule has 3 fully saturated rings. The molecule has 4 nitrogen and oxygen atoms in total. The highest BCUT2D eigenvalue weighted by Crippen LogP contribution is 2.48. The number of rotatable bonds is 7. The van der Waals surface area contributed by atoms with Crippen molar-refractivity contribution in [1.29, 1.82) is 0 Å². The number of amides is 1. The van der Waals surface area contributed by atoms with Crippen LogP contribution < -0.4 is 10.6 Å². The van der Waals surface area contributed by atoms with Gasteiger partial charge in [-0.05, 0) is 69.4 Å². The SMILES string of the molecule is COCC1(C(=O)NCC(C2CC2)C2CC2)CCNCC1. The van der Waals surface area contributed by atoms with Gasteiger partial charge in [-0.1, -0.05) is 0 Å². The molecule has 3 rings (SSSR count). The highest BCUT2D eigenvalue weighted by molar-refractivity contribution is 5.83. The topological polar surface area (TPSA) is 50.4 Å². The van der Waals surface area contributed by atoms with Gasteiger partial charge in [0.1, 0.15) is 0 Å². The molecular weight excluding hydrogens is 252 g/mol. The highest BCUT2D eigenvalue weighted by atomic mass is 16.5. The second kappa shape index (κ2) is 6.02. The first kappa shape index (κ1) is 14.3. The molecule has 114 valence electrons. The molecule has 1 amide bonds. The van der Waals surface area contributed by atoms with Gasteiger partial charge >= 0.3 is 0 Å². The standard InChI is InChI=1S/C16H28N2O2/c1-20-11-16(6-8-17-9-7-16)15(19)18-10-14(12-2-3-12)13-4-5-13/h12-14,17H,2-11H2,1H3,(H,18,19). The zero-order chi connectivity index (χ0) is 14.0. The summed E-state index contributed by atoms with van der Waals surface area (Å²) in [6.07, 6.45) is 7.30. The minimum atomic E-state index is -0.294. The summed E-state index contributed by atoms with van der Waals surface area (Å²) in [7, 11) is 1.70.